The van der Waals surface area contributed by atoms with Crippen molar-refractivity contribution in [2.45, 2.75) is 6.92 Å². The Morgan fingerprint density at radius 3 is 2.45 bits per heavy atom. The predicted molar refractivity (Wildman–Crippen MR) is 79.4 cm³/mol. The molecule has 0 heterocycles. The highest BCUT2D eigenvalue weighted by Gasteiger charge is 2.05. The zero-order valence-electron chi connectivity index (χ0n) is 11.0. The predicted octanol–water partition coefficient (Wildman–Crippen LogP) is 3.09. The third-order valence-corrected chi connectivity index (χ3v) is 2.73. The second-order valence-corrected chi connectivity index (χ2v) is 4.36. The molecule has 20 heavy (non-hydrogen) atoms. The molecule has 2 rings (SSSR count). The van der Waals surface area contributed by atoms with Crippen molar-refractivity contribution in [3.63, 3.8) is 0 Å². The molecule has 0 aromatic heterocycles. The number of rotatable bonds is 2. The Bertz CT molecular complexity index is 671. The molecule has 2 amide bonds. The van der Waals surface area contributed by atoms with Gasteiger partial charge >= 0.3 is 6.03 Å². The Balaban J connectivity index is 2.03. The molecule has 0 atom stereocenters. The summed E-state index contributed by atoms with van der Waals surface area (Å²) < 4.78 is 0. The van der Waals surface area contributed by atoms with Crippen LogP contribution < -0.4 is 16.4 Å². The molecular weight excluding hydrogens is 252 g/mol. The van der Waals surface area contributed by atoms with E-state index in [9.17, 15) is 4.79 Å². The van der Waals surface area contributed by atoms with Crippen LogP contribution in [0.25, 0.3) is 0 Å². The largest absolute Gasteiger partial charge is 0.397 e. The molecule has 0 aliphatic carbocycles. The second kappa shape index (κ2) is 5.76. The molecular formula is C15H14N4O. The molecule has 0 radical (unpaired) electrons. The number of carbonyl (C=O) groups is 1. The van der Waals surface area contributed by atoms with E-state index in [1.807, 2.05) is 19.1 Å². The van der Waals surface area contributed by atoms with E-state index in [0.29, 0.717) is 22.6 Å². The van der Waals surface area contributed by atoms with Gasteiger partial charge in [0.25, 0.3) is 0 Å². The lowest BCUT2D eigenvalue weighted by molar-refractivity contribution is 0.262. The summed E-state index contributed by atoms with van der Waals surface area (Å²) in [6.45, 7) is 1.93. The van der Waals surface area contributed by atoms with Crippen LogP contribution in [0.2, 0.25) is 0 Å². The lowest BCUT2D eigenvalue weighted by Crippen LogP contribution is -2.20. The Morgan fingerprint density at radius 2 is 1.85 bits per heavy atom. The SMILES string of the molecule is Cc1ccc(NC(=O)Nc2ccc(C#N)cc2)c(N)c1. The Hall–Kier alpha value is -3.00. The normalized spacial score (nSPS) is 9.60. The molecule has 0 bridgehead atoms. The number of amides is 2. The van der Waals surface area contributed by atoms with Crippen molar-refractivity contribution in [1.82, 2.24) is 0 Å². The summed E-state index contributed by atoms with van der Waals surface area (Å²) in [6.07, 6.45) is 0. The first-order chi connectivity index (χ1) is 9.58. The molecule has 0 unspecified atom stereocenters. The van der Waals surface area contributed by atoms with Crippen molar-refractivity contribution >= 4 is 23.1 Å². The maximum Gasteiger partial charge on any atom is 0.323 e. The zero-order valence-corrected chi connectivity index (χ0v) is 11.0. The summed E-state index contributed by atoms with van der Waals surface area (Å²) >= 11 is 0. The van der Waals surface area contributed by atoms with Crippen molar-refractivity contribution in [2.75, 3.05) is 16.4 Å². The fraction of sp³-hybridized carbons (Fsp3) is 0.0667. The lowest BCUT2D eigenvalue weighted by Gasteiger charge is -2.10. The minimum Gasteiger partial charge on any atom is -0.397 e. The number of anilines is 3. The number of carbonyl (C=O) groups excluding carboxylic acids is 1. The van der Waals surface area contributed by atoms with Gasteiger partial charge in [0.05, 0.1) is 23.0 Å². The van der Waals surface area contributed by atoms with Crippen molar-refractivity contribution in [1.29, 1.82) is 5.26 Å². The monoisotopic (exact) mass is 266 g/mol. The topological polar surface area (TPSA) is 90.9 Å². The van der Waals surface area contributed by atoms with Gasteiger partial charge in [0.2, 0.25) is 0 Å². The van der Waals surface area contributed by atoms with Gasteiger partial charge in [0.15, 0.2) is 0 Å². The summed E-state index contributed by atoms with van der Waals surface area (Å²) in [7, 11) is 0. The number of nitrogens with two attached hydrogens (primary N) is 1. The van der Waals surface area contributed by atoms with Crippen LogP contribution in [0.3, 0.4) is 0 Å². The van der Waals surface area contributed by atoms with Gasteiger partial charge in [-0.15, -0.1) is 0 Å². The zero-order chi connectivity index (χ0) is 14.5. The lowest BCUT2D eigenvalue weighted by atomic mass is 10.2. The van der Waals surface area contributed by atoms with Crippen LogP contribution in [-0.4, -0.2) is 6.03 Å². The van der Waals surface area contributed by atoms with Crippen molar-refractivity contribution < 1.29 is 4.79 Å². The number of nitrogens with one attached hydrogen (secondary N) is 2. The summed E-state index contributed by atoms with van der Waals surface area (Å²) in [6, 6.07) is 13.6. The molecule has 2 aromatic rings. The first-order valence-corrected chi connectivity index (χ1v) is 6.03. The molecule has 100 valence electrons. The summed E-state index contributed by atoms with van der Waals surface area (Å²) in [5, 5.41) is 14.0. The molecule has 0 saturated heterocycles. The number of nitrogens with zero attached hydrogens (tertiary/aromatic N) is 1. The molecule has 0 saturated carbocycles. The molecule has 4 N–H and O–H groups in total. The van der Waals surface area contributed by atoms with Gasteiger partial charge in [-0.2, -0.15) is 5.26 Å². The molecule has 2 aromatic carbocycles. The Kier molecular flexibility index (Phi) is 3.87. The van der Waals surface area contributed by atoms with Gasteiger partial charge in [-0.3, -0.25) is 0 Å². The highest BCUT2D eigenvalue weighted by atomic mass is 16.2. The maximum absolute atomic E-state index is 11.8. The Labute approximate surface area is 117 Å². The first kappa shape index (κ1) is 13.4. The van der Waals surface area contributed by atoms with Crippen molar-refractivity contribution in [3.05, 3.63) is 53.6 Å². The molecule has 0 spiro atoms. The van der Waals surface area contributed by atoms with E-state index in [1.165, 1.54) is 0 Å². The highest BCUT2D eigenvalue weighted by Crippen LogP contribution is 2.19. The van der Waals surface area contributed by atoms with Crippen molar-refractivity contribution in [2.24, 2.45) is 0 Å². The molecule has 0 fully saturated rings. The van der Waals surface area contributed by atoms with E-state index in [-0.39, 0.29) is 6.03 Å². The van der Waals surface area contributed by atoms with Crippen LogP contribution in [0.4, 0.5) is 21.9 Å². The number of hydrogen-bond acceptors (Lipinski definition) is 3. The number of urea groups is 1. The van der Waals surface area contributed by atoms with E-state index in [2.05, 4.69) is 10.6 Å². The van der Waals surface area contributed by atoms with Gasteiger partial charge in [0, 0.05) is 5.69 Å². The molecule has 5 nitrogen and oxygen atoms in total. The van der Waals surface area contributed by atoms with Gasteiger partial charge in [-0.1, -0.05) is 6.07 Å². The summed E-state index contributed by atoms with van der Waals surface area (Å²) in [4.78, 5) is 11.8. The van der Waals surface area contributed by atoms with Crippen LogP contribution in [0.15, 0.2) is 42.5 Å². The third-order valence-electron chi connectivity index (χ3n) is 2.73. The van der Waals surface area contributed by atoms with E-state index in [1.54, 1.807) is 36.4 Å². The average Bonchev–Trinajstić information content (AvgIpc) is 2.43. The van der Waals surface area contributed by atoms with Gasteiger partial charge < -0.3 is 16.4 Å². The summed E-state index contributed by atoms with van der Waals surface area (Å²) in [5.41, 5.74) is 9.07. The number of nitrogen functional groups attached to an aromatic ring is 1. The van der Waals surface area contributed by atoms with Crippen LogP contribution >= 0.6 is 0 Å². The van der Waals surface area contributed by atoms with E-state index in [4.69, 9.17) is 11.0 Å². The standard InChI is InChI=1S/C15H14N4O/c1-10-2-7-14(13(17)8-10)19-15(20)18-12-5-3-11(9-16)4-6-12/h2-8H,17H2,1H3,(H2,18,19,20). The first-order valence-electron chi connectivity index (χ1n) is 6.03. The van der Waals surface area contributed by atoms with Gasteiger partial charge in [-0.05, 0) is 48.9 Å². The van der Waals surface area contributed by atoms with Crippen LogP contribution in [0.5, 0.6) is 0 Å². The van der Waals surface area contributed by atoms with Crippen LogP contribution in [0.1, 0.15) is 11.1 Å². The van der Waals surface area contributed by atoms with Gasteiger partial charge in [0.1, 0.15) is 0 Å². The van der Waals surface area contributed by atoms with E-state index >= 15 is 0 Å². The number of aryl methyl sites for hydroxylation is 1. The second-order valence-electron chi connectivity index (χ2n) is 4.36. The highest BCUT2D eigenvalue weighted by molar-refractivity contribution is 6.01. The minimum absolute atomic E-state index is 0.384. The smallest absolute Gasteiger partial charge is 0.323 e. The Morgan fingerprint density at radius 1 is 1.15 bits per heavy atom. The fourth-order valence-corrected chi connectivity index (χ4v) is 1.71. The third kappa shape index (κ3) is 3.27. The van der Waals surface area contributed by atoms with E-state index in [0.717, 1.165) is 5.56 Å². The maximum atomic E-state index is 11.8. The van der Waals surface area contributed by atoms with Crippen molar-refractivity contribution in [3.8, 4) is 6.07 Å². The quantitative estimate of drug-likeness (QED) is 0.729. The molecule has 0 aliphatic rings. The number of hydrogen-bond donors (Lipinski definition) is 3. The average molecular weight is 266 g/mol. The van der Waals surface area contributed by atoms with Gasteiger partial charge in [-0.25, -0.2) is 4.79 Å². The number of nitriles is 1. The fourth-order valence-electron chi connectivity index (χ4n) is 1.71. The van der Waals surface area contributed by atoms with E-state index < -0.39 is 0 Å². The minimum atomic E-state index is -0.384. The summed E-state index contributed by atoms with van der Waals surface area (Å²) in [5.74, 6) is 0. The van der Waals surface area contributed by atoms with Crippen LogP contribution in [0, 0.1) is 18.3 Å². The molecule has 0 aliphatic heterocycles. The number of benzene rings is 2. The van der Waals surface area contributed by atoms with Crippen LogP contribution in [-0.2, 0) is 0 Å². The molecule has 5 heteroatoms.